The number of hydrogen-bond acceptors (Lipinski definition) is 4. The first kappa shape index (κ1) is 22.9. The van der Waals surface area contributed by atoms with E-state index in [1.54, 1.807) is 12.4 Å². The number of piperidine rings is 1. The van der Waals surface area contributed by atoms with E-state index in [9.17, 15) is 9.59 Å². The van der Waals surface area contributed by atoms with Crippen LogP contribution in [0.5, 0.6) is 0 Å². The molecule has 2 aromatic rings. The summed E-state index contributed by atoms with van der Waals surface area (Å²) in [6.45, 7) is 9.24. The van der Waals surface area contributed by atoms with Crippen LogP contribution in [0.25, 0.3) is 11.1 Å². The average molecular weight is 423 g/mol. The Bertz CT molecular complexity index is 897. The number of nitrogens with one attached hydrogen (secondary N) is 1. The van der Waals surface area contributed by atoms with Crippen molar-refractivity contribution in [3.8, 4) is 11.1 Å². The van der Waals surface area contributed by atoms with Gasteiger partial charge in [0, 0.05) is 43.5 Å². The van der Waals surface area contributed by atoms with Crippen molar-refractivity contribution >= 4 is 11.8 Å². The van der Waals surface area contributed by atoms with Crippen LogP contribution >= 0.6 is 0 Å². The maximum atomic E-state index is 13.5. The number of carbonyl (C=O) groups excluding carboxylic acids is 2. The minimum absolute atomic E-state index is 0.0312. The van der Waals surface area contributed by atoms with Gasteiger partial charge in [0.05, 0.1) is 5.41 Å². The highest BCUT2D eigenvalue weighted by Crippen LogP contribution is 2.37. The van der Waals surface area contributed by atoms with Crippen LogP contribution in [-0.4, -0.2) is 45.8 Å². The molecule has 0 bridgehead atoms. The molecule has 6 nitrogen and oxygen atoms in total. The van der Waals surface area contributed by atoms with Crippen molar-refractivity contribution in [1.29, 1.82) is 0 Å². The Labute approximate surface area is 185 Å². The topological polar surface area (TPSA) is 75.2 Å². The summed E-state index contributed by atoms with van der Waals surface area (Å²) in [5, 5.41) is 3.13. The SMILES string of the molecule is CC(C)CC(=O)N1CCCC(Cc2ccccc2-c2cncnc2)(C(=O)NC(C)C)C1. The quantitative estimate of drug-likeness (QED) is 0.735. The third-order valence-electron chi connectivity index (χ3n) is 5.83. The summed E-state index contributed by atoms with van der Waals surface area (Å²) in [4.78, 5) is 36.6. The van der Waals surface area contributed by atoms with Crippen LogP contribution in [-0.2, 0) is 16.0 Å². The third-order valence-corrected chi connectivity index (χ3v) is 5.83. The molecule has 0 radical (unpaired) electrons. The van der Waals surface area contributed by atoms with Gasteiger partial charge >= 0.3 is 0 Å². The minimum atomic E-state index is -0.652. The van der Waals surface area contributed by atoms with Crippen molar-refractivity contribution in [1.82, 2.24) is 20.2 Å². The molecule has 166 valence electrons. The molecule has 0 saturated carbocycles. The molecule has 6 heteroatoms. The van der Waals surface area contributed by atoms with Crippen molar-refractivity contribution in [3.05, 3.63) is 48.5 Å². The fraction of sp³-hybridized carbons (Fsp3) is 0.520. The Kier molecular flexibility index (Phi) is 7.42. The number of nitrogens with zero attached hydrogens (tertiary/aromatic N) is 3. The second-order valence-corrected chi connectivity index (χ2v) is 9.39. The lowest BCUT2D eigenvalue weighted by molar-refractivity contribution is -0.142. The van der Waals surface area contributed by atoms with E-state index in [0.29, 0.717) is 25.3 Å². The maximum Gasteiger partial charge on any atom is 0.228 e. The van der Waals surface area contributed by atoms with Crippen LogP contribution in [0.15, 0.2) is 43.0 Å². The summed E-state index contributed by atoms with van der Waals surface area (Å²) >= 11 is 0. The molecule has 2 amide bonds. The van der Waals surface area contributed by atoms with E-state index in [1.807, 2.05) is 36.9 Å². The molecule has 1 atom stereocenters. The molecule has 0 aliphatic carbocycles. The van der Waals surface area contributed by atoms with E-state index in [0.717, 1.165) is 36.1 Å². The van der Waals surface area contributed by atoms with Gasteiger partial charge in [-0.3, -0.25) is 9.59 Å². The average Bonchev–Trinajstić information content (AvgIpc) is 2.74. The second kappa shape index (κ2) is 10.0. The first-order valence-corrected chi connectivity index (χ1v) is 11.2. The molecule has 1 saturated heterocycles. The van der Waals surface area contributed by atoms with Crippen molar-refractivity contribution in [2.45, 2.75) is 59.4 Å². The van der Waals surface area contributed by atoms with Gasteiger partial charge in [0.2, 0.25) is 11.8 Å². The highest BCUT2D eigenvalue weighted by atomic mass is 16.2. The zero-order valence-corrected chi connectivity index (χ0v) is 19.1. The van der Waals surface area contributed by atoms with Crippen LogP contribution < -0.4 is 5.32 Å². The number of carbonyl (C=O) groups is 2. The lowest BCUT2D eigenvalue weighted by atomic mass is 9.73. The predicted molar refractivity (Wildman–Crippen MR) is 122 cm³/mol. The zero-order valence-electron chi connectivity index (χ0n) is 19.1. The fourth-order valence-corrected chi connectivity index (χ4v) is 4.41. The van der Waals surface area contributed by atoms with Gasteiger partial charge in [-0.05, 0) is 50.2 Å². The number of benzene rings is 1. The molecule has 0 spiro atoms. The van der Waals surface area contributed by atoms with Gasteiger partial charge in [0.1, 0.15) is 6.33 Å². The molecule has 1 fully saturated rings. The standard InChI is InChI=1S/C25H34N4O2/c1-18(2)12-23(30)29-11-7-10-25(16-29,24(31)28-19(3)4)13-20-8-5-6-9-22(20)21-14-26-17-27-15-21/h5-6,8-9,14-15,17-19H,7,10-13,16H2,1-4H3,(H,28,31). The molecule has 3 rings (SSSR count). The van der Waals surface area contributed by atoms with Gasteiger partial charge in [0.25, 0.3) is 0 Å². The molecule has 1 aliphatic heterocycles. The number of rotatable bonds is 7. The Morgan fingerprint density at radius 3 is 2.52 bits per heavy atom. The maximum absolute atomic E-state index is 13.5. The van der Waals surface area contributed by atoms with Crippen LogP contribution in [0.2, 0.25) is 0 Å². The van der Waals surface area contributed by atoms with Gasteiger partial charge in [0.15, 0.2) is 0 Å². The van der Waals surface area contributed by atoms with E-state index in [2.05, 4.69) is 35.2 Å². The summed E-state index contributed by atoms with van der Waals surface area (Å²) in [5.74, 6) is 0.469. The normalized spacial score (nSPS) is 19.0. The van der Waals surface area contributed by atoms with Gasteiger partial charge in [-0.2, -0.15) is 0 Å². The zero-order chi connectivity index (χ0) is 22.4. The smallest absolute Gasteiger partial charge is 0.228 e. The first-order chi connectivity index (χ1) is 14.8. The van der Waals surface area contributed by atoms with E-state index in [-0.39, 0.29) is 17.9 Å². The molecule has 1 N–H and O–H groups in total. The number of aromatic nitrogens is 2. The van der Waals surface area contributed by atoms with Crippen molar-refractivity contribution in [3.63, 3.8) is 0 Å². The molecular formula is C25H34N4O2. The Balaban J connectivity index is 1.96. The molecular weight excluding hydrogens is 388 g/mol. The highest BCUT2D eigenvalue weighted by Gasteiger charge is 2.44. The van der Waals surface area contributed by atoms with Gasteiger partial charge in [-0.1, -0.05) is 38.1 Å². The first-order valence-electron chi connectivity index (χ1n) is 11.2. The summed E-state index contributed by atoms with van der Waals surface area (Å²) in [6, 6.07) is 8.16. The molecule has 2 heterocycles. The summed E-state index contributed by atoms with van der Waals surface area (Å²) < 4.78 is 0. The Morgan fingerprint density at radius 2 is 1.84 bits per heavy atom. The monoisotopic (exact) mass is 422 g/mol. The number of likely N-dealkylation sites (tertiary alicyclic amines) is 1. The summed E-state index contributed by atoms with van der Waals surface area (Å²) in [6.07, 6.45) is 7.78. The van der Waals surface area contributed by atoms with Crippen molar-refractivity contribution in [2.75, 3.05) is 13.1 Å². The summed E-state index contributed by atoms with van der Waals surface area (Å²) in [7, 11) is 0. The summed E-state index contributed by atoms with van der Waals surface area (Å²) in [5.41, 5.74) is 2.39. The fourth-order valence-electron chi connectivity index (χ4n) is 4.41. The molecule has 1 aliphatic rings. The van der Waals surface area contributed by atoms with Crippen LogP contribution in [0.1, 0.15) is 52.5 Å². The lowest BCUT2D eigenvalue weighted by Gasteiger charge is -2.42. The third kappa shape index (κ3) is 5.69. The van der Waals surface area contributed by atoms with E-state index in [4.69, 9.17) is 0 Å². The molecule has 31 heavy (non-hydrogen) atoms. The predicted octanol–water partition coefficient (Wildman–Crippen LogP) is 3.87. The van der Waals surface area contributed by atoms with E-state index < -0.39 is 5.41 Å². The van der Waals surface area contributed by atoms with E-state index >= 15 is 0 Å². The van der Waals surface area contributed by atoms with Crippen molar-refractivity contribution < 1.29 is 9.59 Å². The number of amides is 2. The minimum Gasteiger partial charge on any atom is -0.353 e. The van der Waals surface area contributed by atoms with Crippen LogP contribution in [0.3, 0.4) is 0 Å². The Morgan fingerprint density at radius 1 is 1.13 bits per heavy atom. The van der Waals surface area contributed by atoms with Crippen LogP contribution in [0, 0.1) is 11.3 Å². The molecule has 1 aromatic heterocycles. The molecule has 1 aromatic carbocycles. The molecule has 1 unspecified atom stereocenters. The van der Waals surface area contributed by atoms with Crippen molar-refractivity contribution in [2.24, 2.45) is 11.3 Å². The highest BCUT2D eigenvalue weighted by molar-refractivity contribution is 5.85. The van der Waals surface area contributed by atoms with Gasteiger partial charge in [-0.15, -0.1) is 0 Å². The van der Waals surface area contributed by atoms with Gasteiger partial charge < -0.3 is 10.2 Å². The van der Waals surface area contributed by atoms with Crippen LogP contribution in [0.4, 0.5) is 0 Å². The van der Waals surface area contributed by atoms with Gasteiger partial charge in [-0.25, -0.2) is 9.97 Å². The Hall–Kier alpha value is -2.76. The number of hydrogen-bond donors (Lipinski definition) is 1. The largest absolute Gasteiger partial charge is 0.353 e. The second-order valence-electron chi connectivity index (χ2n) is 9.39. The lowest BCUT2D eigenvalue weighted by Crippen LogP contribution is -2.55. The van der Waals surface area contributed by atoms with E-state index in [1.165, 1.54) is 6.33 Å².